The molecule has 2 amide bonds. The van der Waals surface area contributed by atoms with Crippen LogP contribution in [0.5, 0.6) is 11.5 Å². The molecule has 0 bridgehead atoms. The lowest BCUT2D eigenvalue weighted by Crippen LogP contribution is -2.33. The number of thioether (sulfide) groups is 1. The van der Waals surface area contributed by atoms with Crippen molar-refractivity contribution in [1.82, 2.24) is 4.90 Å². The zero-order valence-corrected chi connectivity index (χ0v) is 16.1. The van der Waals surface area contributed by atoms with Crippen molar-refractivity contribution in [3.8, 4) is 11.5 Å². The summed E-state index contributed by atoms with van der Waals surface area (Å²) >= 11 is 0.891. The van der Waals surface area contributed by atoms with Crippen molar-refractivity contribution < 1.29 is 19.4 Å². The Kier molecular flexibility index (Phi) is 5.41. The maximum absolute atomic E-state index is 12.6. The molecule has 2 aromatic rings. The summed E-state index contributed by atoms with van der Waals surface area (Å²) < 4.78 is 5.07. The number of rotatable bonds is 5. The quantitative estimate of drug-likeness (QED) is 0.755. The van der Waals surface area contributed by atoms with E-state index in [0.29, 0.717) is 16.2 Å². The maximum atomic E-state index is 12.6. The molecule has 1 saturated heterocycles. The molecule has 0 aromatic heterocycles. The van der Waals surface area contributed by atoms with Crippen LogP contribution in [0.25, 0.3) is 6.08 Å². The van der Waals surface area contributed by atoms with E-state index in [-0.39, 0.29) is 23.6 Å². The highest BCUT2D eigenvalue weighted by Crippen LogP contribution is 2.34. The summed E-state index contributed by atoms with van der Waals surface area (Å²) in [5.74, 6) is -0.0331. The molecule has 0 aliphatic carbocycles. The summed E-state index contributed by atoms with van der Waals surface area (Å²) in [5.41, 5.74) is 3.74. The second-order valence-corrected chi connectivity index (χ2v) is 7.19. The number of ether oxygens (including phenoxy) is 1. The van der Waals surface area contributed by atoms with Gasteiger partial charge in [-0.2, -0.15) is 0 Å². The number of phenolic OH excluding ortho intramolecular Hbond substituents is 1. The minimum absolute atomic E-state index is 0.0143. The largest absolute Gasteiger partial charge is 0.504 e. The van der Waals surface area contributed by atoms with Gasteiger partial charge in [-0.3, -0.25) is 14.5 Å². The average Bonchev–Trinajstić information content (AvgIpc) is 2.89. The van der Waals surface area contributed by atoms with Gasteiger partial charge in [0, 0.05) is 5.69 Å². The SMILES string of the molecule is COc1cc(/C=C2/SC(=O)N(CNc3ccc(C)cc3C)C2=O)ccc1O. The van der Waals surface area contributed by atoms with Crippen LogP contribution in [0.3, 0.4) is 0 Å². The van der Waals surface area contributed by atoms with Gasteiger partial charge in [0.1, 0.15) is 0 Å². The molecule has 1 heterocycles. The monoisotopic (exact) mass is 384 g/mol. The van der Waals surface area contributed by atoms with Crippen molar-refractivity contribution in [2.45, 2.75) is 13.8 Å². The summed E-state index contributed by atoms with van der Waals surface area (Å²) in [6.07, 6.45) is 1.62. The molecule has 27 heavy (non-hydrogen) atoms. The number of methoxy groups -OCH3 is 1. The first-order valence-corrected chi connectivity index (χ1v) is 9.14. The Labute approximate surface area is 161 Å². The molecular formula is C20H20N2O4S. The molecule has 2 aromatic carbocycles. The van der Waals surface area contributed by atoms with Crippen molar-refractivity contribution in [2.75, 3.05) is 19.1 Å². The summed E-state index contributed by atoms with van der Waals surface area (Å²) in [7, 11) is 1.45. The summed E-state index contributed by atoms with van der Waals surface area (Å²) in [6, 6.07) is 10.7. The predicted octanol–water partition coefficient (Wildman–Crippen LogP) is 4.12. The number of nitrogens with one attached hydrogen (secondary N) is 1. The van der Waals surface area contributed by atoms with Gasteiger partial charge in [-0.25, -0.2) is 0 Å². The highest BCUT2D eigenvalue weighted by Gasteiger charge is 2.34. The van der Waals surface area contributed by atoms with Crippen LogP contribution in [0.15, 0.2) is 41.3 Å². The number of anilines is 1. The van der Waals surface area contributed by atoms with Gasteiger partial charge < -0.3 is 15.2 Å². The lowest BCUT2D eigenvalue weighted by atomic mass is 10.1. The van der Waals surface area contributed by atoms with Gasteiger partial charge in [-0.05, 0) is 61.0 Å². The number of amides is 2. The number of aromatic hydroxyl groups is 1. The van der Waals surface area contributed by atoms with Gasteiger partial charge in [0.15, 0.2) is 11.5 Å². The smallest absolute Gasteiger partial charge is 0.295 e. The Balaban J connectivity index is 1.74. The van der Waals surface area contributed by atoms with E-state index in [1.165, 1.54) is 18.1 Å². The molecule has 140 valence electrons. The van der Waals surface area contributed by atoms with Crippen molar-refractivity contribution >= 4 is 34.7 Å². The molecular weight excluding hydrogens is 364 g/mol. The van der Waals surface area contributed by atoms with E-state index in [1.54, 1.807) is 18.2 Å². The number of hydrogen-bond acceptors (Lipinski definition) is 6. The third kappa shape index (κ3) is 4.09. The molecule has 2 N–H and O–H groups in total. The molecule has 1 fully saturated rings. The average molecular weight is 384 g/mol. The molecule has 1 aliphatic rings. The number of carbonyl (C=O) groups is 2. The second kappa shape index (κ2) is 7.75. The molecule has 0 spiro atoms. The van der Waals surface area contributed by atoms with Crippen molar-refractivity contribution in [3.05, 3.63) is 58.0 Å². The summed E-state index contributed by atoms with van der Waals surface area (Å²) in [5, 5.41) is 12.5. The van der Waals surface area contributed by atoms with Crippen LogP contribution in [-0.4, -0.2) is 34.9 Å². The first kappa shape index (κ1) is 18.8. The molecule has 6 nitrogen and oxygen atoms in total. The fourth-order valence-corrected chi connectivity index (χ4v) is 3.59. The summed E-state index contributed by atoms with van der Waals surface area (Å²) in [6.45, 7) is 4.09. The van der Waals surface area contributed by atoms with E-state index in [9.17, 15) is 14.7 Å². The Morgan fingerprint density at radius 2 is 1.96 bits per heavy atom. The Hall–Kier alpha value is -2.93. The van der Waals surface area contributed by atoms with Gasteiger partial charge in [0.2, 0.25) is 0 Å². The van der Waals surface area contributed by atoms with Crippen LogP contribution in [0.1, 0.15) is 16.7 Å². The van der Waals surface area contributed by atoms with Crippen LogP contribution in [0.2, 0.25) is 0 Å². The van der Waals surface area contributed by atoms with Crippen LogP contribution in [0, 0.1) is 13.8 Å². The van der Waals surface area contributed by atoms with E-state index < -0.39 is 0 Å². The minimum atomic E-state index is -0.352. The Bertz CT molecular complexity index is 940. The number of imide groups is 1. The number of benzene rings is 2. The first-order chi connectivity index (χ1) is 12.9. The number of hydrogen-bond donors (Lipinski definition) is 2. The highest BCUT2D eigenvalue weighted by molar-refractivity contribution is 8.18. The molecule has 0 radical (unpaired) electrons. The van der Waals surface area contributed by atoms with Gasteiger partial charge in [0.25, 0.3) is 11.1 Å². The van der Waals surface area contributed by atoms with Gasteiger partial charge in [-0.15, -0.1) is 0 Å². The molecule has 0 atom stereocenters. The van der Waals surface area contributed by atoms with Crippen LogP contribution >= 0.6 is 11.8 Å². The predicted molar refractivity (Wildman–Crippen MR) is 107 cm³/mol. The molecule has 0 unspecified atom stereocenters. The van der Waals surface area contributed by atoms with Gasteiger partial charge >= 0.3 is 0 Å². The van der Waals surface area contributed by atoms with Crippen molar-refractivity contribution in [1.29, 1.82) is 0 Å². The zero-order valence-electron chi connectivity index (χ0n) is 15.3. The lowest BCUT2D eigenvalue weighted by molar-refractivity contribution is -0.122. The van der Waals surface area contributed by atoms with E-state index >= 15 is 0 Å². The van der Waals surface area contributed by atoms with E-state index in [1.807, 2.05) is 32.0 Å². The summed E-state index contributed by atoms with van der Waals surface area (Å²) in [4.78, 5) is 26.3. The number of phenols is 1. The third-order valence-corrected chi connectivity index (χ3v) is 5.09. The van der Waals surface area contributed by atoms with Crippen LogP contribution in [0.4, 0.5) is 10.5 Å². The van der Waals surface area contributed by atoms with Gasteiger partial charge in [-0.1, -0.05) is 23.8 Å². The third-order valence-electron chi connectivity index (χ3n) is 4.18. The standard InChI is InChI=1S/C20H20N2O4S/c1-12-4-6-15(13(2)8-12)21-11-22-19(24)18(27-20(22)25)10-14-5-7-16(23)17(9-14)26-3/h4-10,21,23H,11H2,1-3H3/b18-10+. The van der Waals surface area contributed by atoms with E-state index in [0.717, 1.165) is 28.6 Å². The van der Waals surface area contributed by atoms with Gasteiger partial charge in [0.05, 0.1) is 18.7 Å². The normalized spacial score (nSPS) is 15.5. The number of carbonyl (C=O) groups excluding carboxylic acids is 2. The van der Waals surface area contributed by atoms with E-state index in [2.05, 4.69) is 5.32 Å². The first-order valence-electron chi connectivity index (χ1n) is 8.32. The number of nitrogens with zero attached hydrogens (tertiary/aromatic N) is 1. The van der Waals surface area contributed by atoms with E-state index in [4.69, 9.17) is 4.74 Å². The lowest BCUT2D eigenvalue weighted by Gasteiger charge is -2.16. The molecule has 0 saturated carbocycles. The second-order valence-electron chi connectivity index (χ2n) is 6.19. The fraction of sp³-hybridized carbons (Fsp3) is 0.200. The highest BCUT2D eigenvalue weighted by atomic mass is 32.2. The number of aryl methyl sites for hydroxylation is 2. The Morgan fingerprint density at radius 3 is 2.67 bits per heavy atom. The van der Waals surface area contributed by atoms with Crippen molar-refractivity contribution in [3.63, 3.8) is 0 Å². The zero-order chi connectivity index (χ0) is 19.6. The fourth-order valence-electron chi connectivity index (χ4n) is 2.75. The van der Waals surface area contributed by atoms with Crippen LogP contribution in [-0.2, 0) is 4.79 Å². The van der Waals surface area contributed by atoms with Crippen LogP contribution < -0.4 is 10.1 Å². The topological polar surface area (TPSA) is 78.9 Å². The molecule has 1 aliphatic heterocycles. The maximum Gasteiger partial charge on any atom is 0.295 e. The minimum Gasteiger partial charge on any atom is -0.504 e. The Morgan fingerprint density at radius 1 is 1.19 bits per heavy atom. The molecule has 7 heteroatoms. The van der Waals surface area contributed by atoms with Crippen molar-refractivity contribution in [2.24, 2.45) is 0 Å². The molecule has 3 rings (SSSR count).